The maximum atomic E-state index is 10.6. The highest BCUT2D eigenvalue weighted by Gasteiger charge is 2.15. The fourth-order valence-corrected chi connectivity index (χ4v) is 0.932. The minimum atomic E-state index is -0.575. The third kappa shape index (κ3) is 3.06. The number of anilines is 1. The van der Waals surface area contributed by atoms with E-state index in [0.717, 1.165) is 6.20 Å². The molecule has 7 nitrogen and oxygen atoms in total. The van der Waals surface area contributed by atoms with Gasteiger partial charge in [-0.15, -0.1) is 0 Å². The van der Waals surface area contributed by atoms with Gasteiger partial charge in [0.15, 0.2) is 0 Å². The summed E-state index contributed by atoms with van der Waals surface area (Å²) in [5.74, 6) is 0.276. The van der Waals surface area contributed by atoms with Gasteiger partial charge in [0.25, 0.3) is 0 Å². The Morgan fingerprint density at radius 1 is 1.60 bits per heavy atom. The van der Waals surface area contributed by atoms with Crippen LogP contribution in [0.15, 0.2) is 12.3 Å². The van der Waals surface area contributed by atoms with Gasteiger partial charge in [0, 0.05) is 13.2 Å². The molecule has 0 aliphatic carbocycles. The van der Waals surface area contributed by atoms with Crippen molar-refractivity contribution >= 4 is 11.5 Å². The summed E-state index contributed by atoms with van der Waals surface area (Å²) >= 11 is 0. The number of nitrogens with two attached hydrogens (primary N) is 1. The van der Waals surface area contributed by atoms with Gasteiger partial charge in [-0.25, -0.2) is 4.98 Å². The number of hydrogen-bond acceptors (Lipinski definition) is 6. The monoisotopic (exact) mass is 213 g/mol. The molecule has 1 heterocycles. The van der Waals surface area contributed by atoms with Gasteiger partial charge in [-0.05, 0) is 0 Å². The largest absolute Gasteiger partial charge is 0.484 e. The van der Waals surface area contributed by atoms with E-state index in [4.69, 9.17) is 15.2 Å². The summed E-state index contributed by atoms with van der Waals surface area (Å²) in [6, 6.07) is 1.31. The van der Waals surface area contributed by atoms with Gasteiger partial charge >= 0.3 is 5.69 Å². The zero-order valence-electron chi connectivity index (χ0n) is 8.17. The summed E-state index contributed by atoms with van der Waals surface area (Å²) in [5, 5.41) is 10.6. The molecule has 1 aromatic heterocycles. The predicted molar refractivity (Wildman–Crippen MR) is 52.7 cm³/mol. The highest BCUT2D eigenvalue weighted by atomic mass is 16.6. The predicted octanol–water partition coefficient (Wildman–Crippen LogP) is 0.597. The van der Waals surface area contributed by atoms with Crippen LogP contribution in [0, 0.1) is 10.1 Å². The third-order valence-electron chi connectivity index (χ3n) is 1.61. The molecular formula is C8H11N3O4. The average Bonchev–Trinajstić information content (AvgIpc) is 2.18. The van der Waals surface area contributed by atoms with Crippen LogP contribution in [0.25, 0.3) is 0 Å². The lowest BCUT2D eigenvalue weighted by Gasteiger charge is -2.05. The van der Waals surface area contributed by atoms with Gasteiger partial charge in [0.1, 0.15) is 18.6 Å². The van der Waals surface area contributed by atoms with E-state index in [9.17, 15) is 10.1 Å². The summed E-state index contributed by atoms with van der Waals surface area (Å²) in [4.78, 5) is 13.6. The summed E-state index contributed by atoms with van der Waals surface area (Å²) in [6.45, 7) is 0.570. The van der Waals surface area contributed by atoms with Gasteiger partial charge in [-0.3, -0.25) is 10.1 Å². The molecule has 0 aliphatic heterocycles. The van der Waals surface area contributed by atoms with Crippen LogP contribution in [0.5, 0.6) is 5.75 Å². The lowest BCUT2D eigenvalue weighted by molar-refractivity contribution is -0.386. The van der Waals surface area contributed by atoms with E-state index in [2.05, 4.69) is 4.98 Å². The smallest absolute Gasteiger partial charge is 0.329 e. The quantitative estimate of drug-likeness (QED) is 0.436. The minimum Gasteiger partial charge on any atom is -0.484 e. The highest BCUT2D eigenvalue weighted by Crippen LogP contribution is 2.26. The van der Waals surface area contributed by atoms with Crippen LogP contribution in [-0.4, -0.2) is 30.2 Å². The van der Waals surface area contributed by atoms with Crippen molar-refractivity contribution in [3.8, 4) is 5.75 Å². The molecule has 2 N–H and O–H groups in total. The van der Waals surface area contributed by atoms with E-state index < -0.39 is 4.92 Å². The van der Waals surface area contributed by atoms with Crippen LogP contribution >= 0.6 is 0 Å². The molecule has 0 saturated heterocycles. The molecule has 0 atom stereocenters. The standard InChI is InChI=1S/C8H11N3O4/c1-14-2-3-15-7-4-8(9)10-5-6(7)11(12)13/h4-5H,2-3H2,1H3,(H2,9,10). The highest BCUT2D eigenvalue weighted by molar-refractivity contribution is 5.50. The second-order valence-corrected chi connectivity index (χ2v) is 2.68. The molecule has 0 aliphatic rings. The van der Waals surface area contributed by atoms with Gasteiger partial charge in [0.05, 0.1) is 11.5 Å². The van der Waals surface area contributed by atoms with Gasteiger partial charge in [0.2, 0.25) is 5.75 Å². The Kier molecular flexibility index (Phi) is 3.81. The number of methoxy groups -OCH3 is 1. The van der Waals surface area contributed by atoms with E-state index in [1.54, 1.807) is 0 Å². The van der Waals surface area contributed by atoms with Gasteiger partial charge in [-0.1, -0.05) is 0 Å². The second-order valence-electron chi connectivity index (χ2n) is 2.68. The lowest BCUT2D eigenvalue weighted by Crippen LogP contribution is -2.06. The minimum absolute atomic E-state index is 0.101. The fourth-order valence-electron chi connectivity index (χ4n) is 0.932. The second kappa shape index (κ2) is 5.11. The van der Waals surface area contributed by atoms with E-state index in [1.807, 2.05) is 0 Å². The topological polar surface area (TPSA) is 101 Å². The number of pyridine rings is 1. The Bertz CT molecular complexity index is 356. The summed E-state index contributed by atoms with van der Waals surface area (Å²) < 4.78 is 9.89. The Morgan fingerprint density at radius 3 is 2.93 bits per heavy atom. The first-order valence-corrected chi connectivity index (χ1v) is 4.16. The van der Waals surface area contributed by atoms with Crippen LogP contribution in [0.1, 0.15) is 0 Å². The van der Waals surface area contributed by atoms with Crippen LogP contribution < -0.4 is 10.5 Å². The first-order chi connectivity index (χ1) is 7.15. The third-order valence-corrected chi connectivity index (χ3v) is 1.61. The average molecular weight is 213 g/mol. The summed E-state index contributed by atoms with van der Waals surface area (Å²) in [7, 11) is 1.51. The van der Waals surface area contributed by atoms with E-state index >= 15 is 0 Å². The lowest BCUT2D eigenvalue weighted by atomic mass is 10.4. The zero-order chi connectivity index (χ0) is 11.3. The molecular weight excluding hydrogens is 202 g/mol. The maximum absolute atomic E-state index is 10.6. The normalized spacial score (nSPS) is 9.93. The van der Waals surface area contributed by atoms with Crippen molar-refractivity contribution in [2.75, 3.05) is 26.1 Å². The maximum Gasteiger partial charge on any atom is 0.329 e. The first kappa shape index (κ1) is 11.2. The van der Waals surface area contributed by atoms with Crippen LogP contribution in [-0.2, 0) is 4.74 Å². The number of hydrogen-bond donors (Lipinski definition) is 1. The van der Waals surface area contributed by atoms with Crippen LogP contribution in [0.3, 0.4) is 0 Å². The fraction of sp³-hybridized carbons (Fsp3) is 0.375. The molecule has 0 radical (unpaired) electrons. The van der Waals surface area contributed by atoms with Crippen molar-refractivity contribution in [1.82, 2.24) is 4.98 Å². The molecule has 1 rings (SSSR count). The van der Waals surface area contributed by atoms with Crippen molar-refractivity contribution in [2.24, 2.45) is 0 Å². The van der Waals surface area contributed by atoms with Gasteiger partial charge in [-0.2, -0.15) is 0 Å². The van der Waals surface area contributed by atoms with E-state index in [0.29, 0.717) is 6.61 Å². The Morgan fingerprint density at radius 2 is 2.33 bits per heavy atom. The molecule has 7 heteroatoms. The summed E-state index contributed by atoms with van der Waals surface area (Å²) in [5.41, 5.74) is 5.18. The van der Waals surface area contributed by atoms with E-state index in [1.165, 1.54) is 13.2 Å². The molecule has 0 bridgehead atoms. The molecule has 0 saturated carbocycles. The Hall–Kier alpha value is -1.89. The van der Waals surface area contributed by atoms with Crippen LogP contribution in [0.2, 0.25) is 0 Å². The molecule has 0 aromatic carbocycles. The van der Waals surface area contributed by atoms with Crippen molar-refractivity contribution in [2.45, 2.75) is 0 Å². The van der Waals surface area contributed by atoms with Crippen molar-refractivity contribution < 1.29 is 14.4 Å². The van der Waals surface area contributed by atoms with Crippen molar-refractivity contribution in [3.63, 3.8) is 0 Å². The molecule has 82 valence electrons. The number of aromatic nitrogens is 1. The van der Waals surface area contributed by atoms with Crippen LogP contribution in [0.4, 0.5) is 11.5 Å². The number of rotatable bonds is 5. The molecule has 1 aromatic rings. The first-order valence-electron chi connectivity index (χ1n) is 4.16. The SMILES string of the molecule is COCCOc1cc(N)ncc1[N+](=O)[O-]. The molecule has 0 unspecified atom stereocenters. The molecule has 0 amide bonds. The molecule has 0 spiro atoms. The van der Waals surface area contributed by atoms with E-state index in [-0.39, 0.29) is 23.9 Å². The summed E-state index contributed by atoms with van der Waals surface area (Å²) in [6.07, 6.45) is 1.07. The number of ether oxygens (including phenoxy) is 2. The zero-order valence-corrected chi connectivity index (χ0v) is 8.17. The number of nitro groups is 1. The Labute approximate surface area is 86.0 Å². The van der Waals surface area contributed by atoms with Crippen molar-refractivity contribution in [1.29, 1.82) is 0 Å². The number of nitrogens with zero attached hydrogens (tertiary/aromatic N) is 2. The Balaban J connectivity index is 2.82. The van der Waals surface area contributed by atoms with Gasteiger partial charge < -0.3 is 15.2 Å². The molecule has 15 heavy (non-hydrogen) atoms. The molecule has 0 fully saturated rings. The van der Waals surface area contributed by atoms with Crippen molar-refractivity contribution in [3.05, 3.63) is 22.4 Å². The number of nitrogen functional groups attached to an aromatic ring is 1.